The average molecular weight is 461 g/mol. The maximum Gasteiger partial charge on any atom is 0.257 e. The molecule has 0 atom stereocenters. The van der Waals surface area contributed by atoms with Crippen LogP contribution in [0.4, 0.5) is 11.5 Å². The fraction of sp³-hybridized carbons (Fsp3) is 0.174. The third-order valence-electron chi connectivity index (χ3n) is 5.10. The number of aromatic nitrogens is 6. The Hall–Kier alpha value is -3.82. The van der Waals surface area contributed by atoms with Crippen LogP contribution < -0.4 is 9.64 Å². The summed E-state index contributed by atoms with van der Waals surface area (Å²) in [7, 11) is 5.92. The molecular formula is C23H21ClN8O. The van der Waals surface area contributed by atoms with Gasteiger partial charge in [0.15, 0.2) is 0 Å². The number of hydrogen-bond acceptors (Lipinski definition) is 8. The minimum absolute atomic E-state index is 0.431. The van der Waals surface area contributed by atoms with Gasteiger partial charge in [-0.1, -0.05) is 17.7 Å². The van der Waals surface area contributed by atoms with E-state index < -0.39 is 0 Å². The predicted molar refractivity (Wildman–Crippen MR) is 127 cm³/mol. The van der Waals surface area contributed by atoms with Crippen molar-refractivity contribution in [3.05, 3.63) is 71.9 Å². The van der Waals surface area contributed by atoms with Gasteiger partial charge >= 0.3 is 0 Å². The van der Waals surface area contributed by atoms with Crippen LogP contribution in [0.5, 0.6) is 11.6 Å². The maximum atomic E-state index is 6.25. The van der Waals surface area contributed by atoms with Crippen LogP contribution >= 0.6 is 11.6 Å². The minimum atomic E-state index is 0.431. The van der Waals surface area contributed by atoms with Crippen molar-refractivity contribution in [2.24, 2.45) is 0 Å². The summed E-state index contributed by atoms with van der Waals surface area (Å²) in [5, 5.41) is 9.66. The van der Waals surface area contributed by atoms with Crippen molar-refractivity contribution in [3.8, 4) is 11.6 Å². The number of fused-ring (bicyclic) bond motifs is 3. The molecule has 0 saturated heterocycles. The van der Waals surface area contributed by atoms with Gasteiger partial charge in [-0.05, 0) is 44.4 Å². The van der Waals surface area contributed by atoms with Gasteiger partial charge in [0.2, 0.25) is 5.88 Å². The van der Waals surface area contributed by atoms with Crippen LogP contribution in [0.2, 0.25) is 5.02 Å². The zero-order valence-electron chi connectivity index (χ0n) is 18.3. The van der Waals surface area contributed by atoms with Crippen molar-refractivity contribution in [2.75, 3.05) is 26.0 Å². The Balaban J connectivity index is 1.47. The Morgan fingerprint density at radius 3 is 2.70 bits per heavy atom. The lowest BCUT2D eigenvalue weighted by Gasteiger charge is -2.21. The first-order valence-electron chi connectivity index (χ1n) is 10.2. The molecule has 3 aromatic heterocycles. The second kappa shape index (κ2) is 8.61. The van der Waals surface area contributed by atoms with Crippen molar-refractivity contribution < 1.29 is 4.74 Å². The standard InChI is InChI=1S/C23H21ClN8O/c1-30(2)13-16-11-26-21(12-25-16)33-18-6-4-5-17(10-18)31(3)22-19-8-7-15(24)9-20(19)32-14-27-29-23(32)28-22/h4-12,14H,13H2,1-3H3. The fourth-order valence-electron chi connectivity index (χ4n) is 3.58. The van der Waals surface area contributed by atoms with Crippen LogP contribution in [-0.4, -0.2) is 55.6 Å². The molecular weight excluding hydrogens is 440 g/mol. The van der Waals surface area contributed by atoms with Gasteiger partial charge in [0.05, 0.1) is 23.6 Å². The summed E-state index contributed by atoms with van der Waals surface area (Å²) in [6.45, 7) is 0.718. The van der Waals surface area contributed by atoms with Crippen LogP contribution in [0.15, 0.2) is 61.2 Å². The molecule has 0 bridgehead atoms. The molecule has 9 nitrogen and oxygen atoms in total. The Bertz CT molecular complexity index is 1430. The molecule has 3 heterocycles. The van der Waals surface area contributed by atoms with Gasteiger partial charge in [-0.15, -0.1) is 10.2 Å². The molecule has 0 fully saturated rings. The van der Waals surface area contributed by atoms with Gasteiger partial charge in [0, 0.05) is 35.8 Å². The largest absolute Gasteiger partial charge is 0.437 e. The lowest BCUT2D eigenvalue weighted by atomic mass is 10.2. The summed E-state index contributed by atoms with van der Waals surface area (Å²) in [6, 6.07) is 13.4. The lowest BCUT2D eigenvalue weighted by Crippen LogP contribution is -2.13. The van der Waals surface area contributed by atoms with E-state index in [0.717, 1.165) is 34.6 Å². The summed E-state index contributed by atoms with van der Waals surface area (Å²) in [5.41, 5.74) is 2.64. The zero-order chi connectivity index (χ0) is 22.9. The highest BCUT2D eigenvalue weighted by Gasteiger charge is 2.15. The Morgan fingerprint density at radius 2 is 1.91 bits per heavy atom. The molecule has 0 radical (unpaired) electrons. The smallest absolute Gasteiger partial charge is 0.257 e. The topological polar surface area (TPSA) is 84.6 Å². The molecule has 5 aromatic rings. The van der Waals surface area contributed by atoms with Crippen molar-refractivity contribution in [3.63, 3.8) is 0 Å². The highest BCUT2D eigenvalue weighted by molar-refractivity contribution is 6.31. The van der Waals surface area contributed by atoms with Crippen LogP contribution in [0.25, 0.3) is 16.7 Å². The maximum absolute atomic E-state index is 6.25. The van der Waals surface area contributed by atoms with Gasteiger partial charge < -0.3 is 14.5 Å². The van der Waals surface area contributed by atoms with Gasteiger partial charge in [-0.3, -0.25) is 9.38 Å². The molecule has 0 N–H and O–H groups in total. The highest BCUT2D eigenvalue weighted by Crippen LogP contribution is 2.33. The number of halogens is 1. The van der Waals surface area contributed by atoms with Crippen LogP contribution in [0.1, 0.15) is 5.69 Å². The second-order valence-electron chi connectivity index (χ2n) is 7.84. The van der Waals surface area contributed by atoms with E-state index in [-0.39, 0.29) is 0 Å². The van der Waals surface area contributed by atoms with E-state index in [1.165, 1.54) is 0 Å². The number of hydrogen-bond donors (Lipinski definition) is 0. The molecule has 166 valence electrons. The van der Waals surface area contributed by atoms with E-state index in [0.29, 0.717) is 22.4 Å². The first-order valence-corrected chi connectivity index (χ1v) is 10.6. The highest BCUT2D eigenvalue weighted by atomic mass is 35.5. The normalized spacial score (nSPS) is 11.4. The van der Waals surface area contributed by atoms with E-state index in [9.17, 15) is 0 Å². The first kappa shape index (κ1) is 21.0. The van der Waals surface area contributed by atoms with E-state index in [2.05, 4.69) is 20.2 Å². The Labute approximate surface area is 195 Å². The molecule has 0 aliphatic carbocycles. The fourth-order valence-corrected chi connectivity index (χ4v) is 3.75. The molecule has 0 saturated carbocycles. The molecule has 0 unspecified atom stereocenters. The van der Waals surface area contributed by atoms with Crippen molar-refractivity contribution in [1.82, 2.24) is 34.4 Å². The van der Waals surface area contributed by atoms with E-state index in [1.54, 1.807) is 18.7 Å². The van der Waals surface area contributed by atoms with Crippen LogP contribution in [0.3, 0.4) is 0 Å². The SMILES string of the molecule is CN(C)Cc1cnc(Oc2cccc(N(C)c3nc4nncn4c4cc(Cl)ccc34)c2)cn1. The molecule has 33 heavy (non-hydrogen) atoms. The summed E-state index contributed by atoms with van der Waals surface area (Å²) < 4.78 is 7.76. The number of nitrogens with zero attached hydrogens (tertiary/aromatic N) is 8. The molecule has 10 heteroatoms. The molecule has 0 aliphatic rings. The van der Waals surface area contributed by atoms with Crippen molar-refractivity contribution in [1.29, 1.82) is 0 Å². The van der Waals surface area contributed by atoms with Gasteiger partial charge in [-0.2, -0.15) is 4.98 Å². The van der Waals surface area contributed by atoms with E-state index in [1.807, 2.05) is 77.8 Å². The molecule has 0 spiro atoms. The molecule has 0 amide bonds. The number of anilines is 2. The minimum Gasteiger partial charge on any atom is -0.437 e. The van der Waals surface area contributed by atoms with Crippen LogP contribution in [-0.2, 0) is 6.54 Å². The Morgan fingerprint density at radius 1 is 1.03 bits per heavy atom. The number of ether oxygens (including phenoxy) is 1. The number of benzene rings is 2. The summed E-state index contributed by atoms with van der Waals surface area (Å²) in [5.74, 6) is 2.30. The quantitative estimate of drug-likeness (QED) is 0.370. The van der Waals surface area contributed by atoms with Gasteiger partial charge in [0.25, 0.3) is 5.78 Å². The third kappa shape index (κ3) is 4.28. The Kier molecular flexibility index (Phi) is 5.49. The lowest BCUT2D eigenvalue weighted by molar-refractivity contribution is 0.393. The monoisotopic (exact) mass is 460 g/mol. The van der Waals surface area contributed by atoms with Crippen LogP contribution in [0, 0.1) is 0 Å². The summed E-state index contributed by atoms with van der Waals surface area (Å²) in [6.07, 6.45) is 4.98. The third-order valence-corrected chi connectivity index (χ3v) is 5.34. The van der Waals surface area contributed by atoms with E-state index in [4.69, 9.17) is 21.3 Å². The first-order chi connectivity index (χ1) is 16.0. The van der Waals surface area contributed by atoms with Crippen molar-refractivity contribution >= 4 is 39.8 Å². The molecule has 2 aromatic carbocycles. The van der Waals surface area contributed by atoms with Gasteiger partial charge in [-0.25, -0.2) is 4.98 Å². The van der Waals surface area contributed by atoms with E-state index >= 15 is 0 Å². The summed E-state index contributed by atoms with van der Waals surface area (Å²) >= 11 is 6.25. The zero-order valence-corrected chi connectivity index (χ0v) is 19.1. The number of rotatable bonds is 6. The molecule has 5 rings (SSSR count). The average Bonchev–Trinajstić information content (AvgIpc) is 3.28. The predicted octanol–water partition coefficient (Wildman–Crippen LogP) is 4.34. The summed E-state index contributed by atoms with van der Waals surface area (Å²) in [4.78, 5) is 17.5. The second-order valence-corrected chi connectivity index (χ2v) is 8.28. The van der Waals surface area contributed by atoms with Crippen molar-refractivity contribution in [2.45, 2.75) is 6.54 Å². The van der Waals surface area contributed by atoms with Gasteiger partial charge in [0.1, 0.15) is 17.9 Å². The molecule has 0 aliphatic heterocycles.